The summed E-state index contributed by atoms with van der Waals surface area (Å²) in [4.78, 5) is 2.62. The van der Waals surface area contributed by atoms with Crippen LogP contribution >= 0.6 is 11.8 Å². The molecule has 0 saturated carbocycles. The molecule has 1 rings (SSSR count). The van der Waals surface area contributed by atoms with Crippen molar-refractivity contribution < 1.29 is 0 Å². The van der Waals surface area contributed by atoms with E-state index >= 15 is 0 Å². The summed E-state index contributed by atoms with van der Waals surface area (Å²) in [6.45, 7) is 12.6. The zero-order valence-electron chi connectivity index (χ0n) is 11.3. The van der Waals surface area contributed by atoms with Crippen LogP contribution in [0, 0.1) is 5.92 Å². The zero-order chi connectivity index (χ0) is 12.2. The molecule has 3 heteroatoms. The lowest BCUT2D eigenvalue weighted by Gasteiger charge is -2.34. The summed E-state index contributed by atoms with van der Waals surface area (Å²) in [6, 6.07) is 0.583. The molecule has 2 N–H and O–H groups in total. The van der Waals surface area contributed by atoms with Gasteiger partial charge in [0.2, 0.25) is 0 Å². The van der Waals surface area contributed by atoms with E-state index in [1.165, 1.54) is 31.7 Å². The van der Waals surface area contributed by atoms with E-state index in [4.69, 9.17) is 5.73 Å². The first-order valence-electron chi connectivity index (χ1n) is 6.58. The van der Waals surface area contributed by atoms with Crippen molar-refractivity contribution in [2.75, 3.05) is 25.4 Å². The summed E-state index contributed by atoms with van der Waals surface area (Å²) < 4.78 is 0.448. The van der Waals surface area contributed by atoms with Crippen LogP contribution in [-0.2, 0) is 0 Å². The lowest BCUT2D eigenvalue weighted by atomic mass is 9.97. The van der Waals surface area contributed by atoms with E-state index < -0.39 is 0 Å². The summed E-state index contributed by atoms with van der Waals surface area (Å²) >= 11 is 2.11. The Balaban J connectivity index is 2.58. The summed E-state index contributed by atoms with van der Waals surface area (Å²) in [6.07, 6.45) is 2.51. The van der Waals surface area contributed by atoms with Gasteiger partial charge in [0, 0.05) is 29.6 Å². The first kappa shape index (κ1) is 14.3. The summed E-state index contributed by atoms with van der Waals surface area (Å²) in [5.41, 5.74) is 5.95. The van der Waals surface area contributed by atoms with Crippen molar-refractivity contribution in [1.82, 2.24) is 4.90 Å². The fourth-order valence-corrected chi connectivity index (χ4v) is 3.50. The van der Waals surface area contributed by atoms with Gasteiger partial charge in [-0.2, -0.15) is 11.8 Å². The molecule has 2 nitrogen and oxygen atoms in total. The van der Waals surface area contributed by atoms with Crippen LogP contribution in [-0.4, -0.2) is 41.1 Å². The van der Waals surface area contributed by atoms with Gasteiger partial charge in [0.25, 0.3) is 0 Å². The highest BCUT2D eigenvalue weighted by Gasteiger charge is 2.28. The van der Waals surface area contributed by atoms with Crippen LogP contribution in [0.15, 0.2) is 0 Å². The van der Waals surface area contributed by atoms with Crippen LogP contribution in [0.2, 0.25) is 0 Å². The Kier molecular flexibility index (Phi) is 5.62. The number of nitrogens with two attached hydrogens (primary N) is 1. The van der Waals surface area contributed by atoms with E-state index in [0.717, 1.165) is 12.5 Å². The maximum Gasteiger partial charge on any atom is 0.0244 e. The van der Waals surface area contributed by atoms with Gasteiger partial charge in [0.1, 0.15) is 0 Å². The molecule has 0 aromatic carbocycles. The van der Waals surface area contributed by atoms with Gasteiger partial charge in [-0.25, -0.2) is 0 Å². The zero-order valence-corrected chi connectivity index (χ0v) is 12.1. The molecule has 0 bridgehead atoms. The van der Waals surface area contributed by atoms with Gasteiger partial charge in [-0.1, -0.05) is 34.1 Å². The molecule has 0 spiro atoms. The Morgan fingerprint density at radius 1 is 1.38 bits per heavy atom. The lowest BCUT2D eigenvalue weighted by molar-refractivity contribution is 0.157. The number of rotatable bonds is 4. The molecule has 2 atom stereocenters. The van der Waals surface area contributed by atoms with Crippen LogP contribution in [0.4, 0.5) is 0 Å². The monoisotopic (exact) mass is 244 g/mol. The minimum Gasteiger partial charge on any atom is -0.329 e. The molecular weight excluding hydrogens is 216 g/mol. The first-order chi connectivity index (χ1) is 7.50. The molecule has 1 heterocycles. The second kappa shape index (κ2) is 6.27. The highest BCUT2D eigenvalue weighted by atomic mass is 32.2. The lowest BCUT2D eigenvalue weighted by Crippen LogP contribution is -2.46. The third-order valence-electron chi connectivity index (χ3n) is 3.88. The van der Waals surface area contributed by atoms with E-state index in [1.807, 2.05) is 0 Å². The Bertz CT molecular complexity index is 206. The van der Waals surface area contributed by atoms with Gasteiger partial charge in [-0.3, -0.25) is 4.90 Å². The average molecular weight is 244 g/mol. The quantitative estimate of drug-likeness (QED) is 0.824. The van der Waals surface area contributed by atoms with E-state index in [0.29, 0.717) is 10.8 Å². The third-order valence-corrected chi connectivity index (χ3v) is 5.26. The molecule has 16 heavy (non-hydrogen) atoms. The molecule has 1 aliphatic heterocycles. The second-order valence-electron chi connectivity index (χ2n) is 5.58. The van der Waals surface area contributed by atoms with E-state index in [2.05, 4.69) is 44.4 Å². The highest BCUT2D eigenvalue weighted by Crippen LogP contribution is 2.31. The van der Waals surface area contributed by atoms with Crippen LogP contribution < -0.4 is 5.73 Å². The molecule has 1 fully saturated rings. The molecular formula is C13H28N2S. The smallest absolute Gasteiger partial charge is 0.0244 e. The number of nitrogens with zero attached hydrogens (tertiary/aromatic N) is 1. The Hall–Kier alpha value is 0.270. The molecule has 0 aliphatic carbocycles. The third kappa shape index (κ3) is 3.94. The minimum absolute atomic E-state index is 0.448. The fourth-order valence-electron chi connectivity index (χ4n) is 2.38. The Labute approximate surface area is 105 Å². The molecule has 0 radical (unpaired) electrons. The molecule has 0 aromatic heterocycles. The molecule has 96 valence electrons. The summed E-state index contributed by atoms with van der Waals surface area (Å²) in [7, 11) is 0. The van der Waals surface area contributed by atoms with Crippen molar-refractivity contribution in [3.05, 3.63) is 0 Å². The van der Waals surface area contributed by atoms with Crippen LogP contribution in [0.5, 0.6) is 0 Å². The maximum atomic E-state index is 5.95. The van der Waals surface area contributed by atoms with Gasteiger partial charge < -0.3 is 5.73 Å². The number of hydrogen-bond donors (Lipinski definition) is 1. The van der Waals surface area contributed by atoms with E-state index in [-0.39, 0.29) is 0 Å². The highest BCUT2D eigenvalue weighted by molar-refractivity contribution is 8.00. The van der Waals surface area contributed by atoms with Crippen molar-refractivity contribution in [3.8, 4) is 0 Å². The summed E-state index contributed by atoms with van der Waals surface area (Å²) in [5, 5.41) is 0. The topological polar surface area (TPSA) is 29.3 Å². The van der Waals surface area contributed by atoms with Gasteiger partial charge >= 0.3 is 0 Å². The molecule has 2 unspecified atom stereocenters. The normalized spacial score (nSPS) is 26.1. The van der Waals surface area contributed by atoms with Crippen molar-refractivity contribution in [3.63, 3.8) is 0 Å². The second-order valence-corrected chi connectivity index (χ2v) is 7.38. The van der Waals surface area contributed by atoms with Crippen molar-refractivity contribution in [1.29, 1.82) is 0 Å². The Morgan fingerprint density at radius 2 is 2.06 bits per heavy atom. The molecule has 0 aromatic rings. The van der Waals surface area contributed by atoms with Gasteiger partial charge in [0.15, 0.2) is 0 Å². The van der Waals surface area contributed by atoms with E-state index in [1.54, 1.807) is 0 Å². The van der Waals surface area contributed by atoms with E-state index in [9.17, 15) is 0 Å². The molecule has 0 amide bonds. The number of hydrogen-bond acceptors (Lipinski definition) is 3. The van der Waals surface area contributed by atoms with Gasteiger partial charge in [-0.15, -0.1) is 0 Å². The largest absolute Gasteiger partial charge is 0.329 e. The van der Waals surface area contributed by atoms with Gasteiger partial charge in [-0.05, 0) is 18.9 Å². The van der Waals surface area contributed by atoms with Crippen LogP contribution in [0.1, 0.15) is 40.5 Å². The predicted octanol–water partition coefficient (Wildman–Crippen LogP) is 2.58. The fraction of sp³-hybridized carbons (Fsp3) is 1.00. The average Bonchev–Trinajstić information content (AvgIpc) is 2.41. The standard InChI is InChI=1S/C13H28N2S/c1-5-11(2)12(10-14)15-7-6-13(3,4)16-9-8-15/h11-12H,5-10,14H2,1-4H3. The van der Waals surface area contributed by atoms with Gasteiger partial charge in [0.05, 0.1) is 0 Å². The van der Waals surface area contributed by atoms with Crippen molar-refractivity contribution >= 4 is 11.8 Å². The first-order valence-corrected chi connectivity index (χ1v) is 7.57. The number of thioether (sulfide) groups is 1. The van der Waals surface area contributed by atoms with Crippen LogP contribution in [0.3, 0.4) is 0 Å². The SMILES string of the molecule is CCC(C)C(CN)N1CCSC(C)(C)CC1. The Morgan fingerprint density at radius 3 is 2.62 bits per heavy atom. The maximum absolute atomic E-state index is 5.95. The summed E-state index contributed by atoms with van der Waals surface area (Å²) in [5.74, 6) is 1.97. The van der Waals surface area contributed by atoms with Crippen molar-refractivity contribution in [2.45, 2.75) is 51.3 Å². The molecule has 1 aliphatic rings. The van der Waals surface area contributed by atoms with Crippen LogP contribution in [0.25, 0.3) is 0 Å². The predicted molar refractivity (Wildman–Crippen MR) is 75.0 cm³/mol. The molecule has 1 saturated heterocycles. The van der Waals surface area contributed by atoms with Crippen molar-refractivity contribution in [2.24, 2.45) is 11.7 Å². The minimum atomic E-state index is 0.448.